The fraction of sp³-hybridized carbons (Fsp3) is 0.385. The minimum Gasteiger partial charge on any atom is -0.494 e. The van der Waals surface area contributed by atoms with Crippen molar-refractivity contribution in [3.63, 3.8) is 0 Å². The highest BCUT2D eigenvalue weighted by Crippen LogP contribution is 2.48. The van der Waals surface area contributed by atoms with E-state index in [-0.39, 0.29) is 23.0 Å². The Morgan fingerprint density at radius 3 is 2.40 bits per heavy atom. The van der Waals surface area contributed by atoms with Gasteiger partial charge in [-0.1, -0.05) is 44.2 Å². The molecular formula is C26H29NO3. The number of nitrogens with zero attached hydrogens (tertiary/aromatic N) is 1. The molecule has 156 valence electrons. The van der Waals surface area contributed by atoms with Crippen LogP contribution in [0.3, 0.4) is 0 Å². The molecule has 0 aromatic heterocycles. The molecule has 4 nitrogen and oxygen atoms in total. The topological polar surface area (TPSA) is 46.6 Å². The van der Waals surface area contributed by atoms with E-state index < -0.39 is 0 Å². The second kappa shape index (κ2) is 7.75. The average molecular weight is 404 g/mol. The van der Waals surface area contributed by atoms with Gasteiger partial charge in [-0.3, -0.25) is 14.5 Å². The number of ketones is 1. The van der Waals surface area contributed by atoms with Crippen LogP contribution >= 0.6 is 0 Å². The summed E-state index contributed by atoms with van der Waals surface area (Å²) in [5, 5.41) is 0. The number of para-hydroxylation sites is 1. The Bertz CT molecular complexity index is 1020. The molecule has 4 rings (SSSR count). The number of carbonyl (C=O) groups is 2. The highest BCUT2D eigenvalue weighted by Gasteiger charge is 2.44. The van der Waals surface area contributed by atoms with Crippen molar-refractivity contribution in [1.29, 1.82) is 0 Å². The molecule has 0 radical (unpaired) electrons. The van der Waals surface area contributed by atoms with Gasteiger partial charge in [0.25, 0.3) is 0 Å². The Hall–Kier alpha value is -2.88. The summed E-state index contributed by atoms with van der Waals surface area (Å²) < 4.78 is 5.56. The van der Waals surface area contributed by atoms with Gasteiger partial charge in [0.2, 0.25) is 5.91 Å². The second-order valence-electron chi connectivity index (χ2n) is 9.08. The maximum absolute atomic E-state index is 13.4. The second-order valence-corrected chi connectivity index (χ2v) is 9.08. The summed E-state index contributed by atoms with van der Waals surface area (Å²) in [5.74, 6) is 0.806. The zero-order valence-corrected chi connectivity index (χ0v) is 18.2. The molecule has 1 aliphatic heterocycles. The lowest BCUT2D eigenvalue weighted by Gasteiger charge is -2.43. The summed E-state index contributed by atoms with van der Waals surface area (Å²) in [6.45, 7) is 8.78. The fourth-order valence-electron chi connectivity index (χ4n) is 4.76. The zero-order chi connectivity index (χ0) is 21.5. The first-order valence-electron chi connectivity index (χ1n) is 10.7. The van der Waals surface area contributed by atoms with Gasteiger partial charge in [0, 0.05) is 30.0 Å². The number of allylic oxidation sites excluding steroid dienone is 2. The average Bonchev–Trinajstić information content (AvgIpc) is 2.68. The first-order valence-corrected chi connectivity index (χ1v) is 10.7. The molecule has 4 heteroatoms. The molecule has 2 aromatic rings. The van der Waals surface area contributed by atoms with Gasteiger partial charge >= 0.3 is 0 Å². The minimum atomic E-state index is -0.202. The molecular weight excluding hydrogens is 374 g/mol. The van der Waals surface area contributed by atoms with Crippen LogP contribution in [0, 0.1) is 12.3 Å². The first-order chi connectivity index (χ1) is 14.3. The van der Waals surface area contributed by atoms with Crippen molar-refractivity contribution < 1.29 is 14.3 Å². The molecule has 1 amide bonds. The first kappa shape index (κ1) is 20.4. The molecule has 1 atom stereocenters. The molecule has 0 saturated carbocycles. The van der Waals surface area contributed by atoms with E-state index in [9.17, 15) is 9.59 Å². The predicted molar refractivity (Wildman–Crippen MR) is 119 cm³/mol. The van der Waals surface area contributed by atoms with Gasteiger partial charge in [-0.15, -0.1) is 0 Å². The van der Waals surface area contributed by atoms with E-state index in [1.54, 1.807) is 0 Å². The number of amides is 1. The van der Waals surface area contributed by atoms with Crippen LogP contribution < -0.4 is 9.64 Å². The maximum atomic E-state index is 13.4. The molecule has 0 fully saturated rings. The van der Waals surface area contributed by atoms with Crippen LogP contribution in [0.4, 0.5) is 5.69 Å². The molecule has 1 heterocycles. The lowest BCUT2D eigenvalue weighted by Crippen LogP contribution is -2.44. The van der Waals surface area contributed by atoms with Crippen LogP contribution in [0.15, 0.2) is 59.8 Å². The van der Waals surface area contributed by atoms with Crippen molar-refractivity contribution in [3.05, 3.63) is 70.9 Å². The third-order valence-electron chi connectivity index (χ3n) is 6.09. The zero-order valence-electron chi connectivity index (χ0n) is 18.2. The SMILES string of the molecule is CCOc1ccc(C2CC(=O)N(c3ccccc3C)C3=C2C(=O)CC(C)(C)C3)cc1. The summed E-state index contributed by atoms with van der Waals surface area (Å²) in [6.07, 6.45) is 1.52. The van der Waals surface area contributed by atoms with Gasteiger partial charge in [0.05, 0.1) is 12.3 Å². The third-order valence-corrected chi connectivity index (χ3v) is 6.09. The van der Waals surface area contributed by atoms with Crippen LogP contribution in [-0.2, 0) is 9.59 Å². The molecule has 2 aliphatic rings. The highest BCUT2D eigenvalue weighted by molar-refractivity contribution is 6.08. The van der Waals surface area contributed by atoms with Crippen LogP contribution in [-0.4, -0.2) is 18.3 Å². The molecule has 0 N–H and O–H groups in total. The van der Waals surface area contributed by atoms with Crippen LogP contribution in [0.1, 0.15) is 57.1 Å². The van der Waals surface area contributed by atoms with Crippen LogP contribution in [0.25, 0.3) is 0 Å². The number of benzene rings is 2. The standard InChI is InChI=1S/C26H29NO3/c1-5-30-19-12-10-18(11-13-19)20-14-24(29)27(21-9-7-6-8-17(21)2)22-15-26(3,4)16-23(28)25(20)22/h6-13,20H,5,14-16H2,1-4H3. The number of hydrogen-bond donors (Lipinski definition) is 0. The lowest BCUT2D eigenvalue weighted by molar-refractivity contribution is -0.121. The Labute approximate surface area is 178 Å². The summed E-state index contributed by atoms with van der Waals surface area (Å²) >= 11 is 0. The Balaban J connectivity index is 1.85. The Kier molecular flexibility index (Phi) is 5.27. The van der Waals surface area contributed by atoms with Crippen molar-refractivity contribution in [2.75, 3.05) is 11.5 Å². The molecule has 0 bridgehead atoms. The fourth-order valence-corrected chi connectivity index (χ4v) is 4.76. The number of aryl methyl sites for hydroxylation is 1. The van der Waals surface area contributed by atoms with Gasteiger partial charge in [-0.2, -0.15) is 0 Å². The number of rotatable bonds is 4. The van der Waals surface area contributed by atoms with Gasteiger partial charge in [-0.25, -0.2) is 0 Å². The number of carbonyl (C=O) groups excluding carboxylic acids is 2. The molecule has 0 saturated heterocycles. The van der Waals surface area contributed by atoms with Gasteiger partial charge in [0.1, 0.15) is 5.75 Å². The molecule has 1 aliphatic carbocycles. The maximum Gasteiger partial charge on any atom is 0.232 e. The molecule has 0 spiro atoms. The molecule has 2 aromatic carbocycles. The normalized spacial score (nSPS) is 20.9. The van der Waals surface area contributed by atoms with E-state index in [1.165, 1.54) is 0 Å². The van der Waals surface area contributed by atoms with E-state index in [1.807, 2.05) is 67.3 Å². The highest BCUT2D eigenvalue weighted by atomic mass is 16.5. The summed E-state index contributed by atoms with van der Waals surface area (Å²) in [7, 11) is 0. The summed E-state index contributed by atoms with van der Waals surface area (Å²) in [5.41, 5.74) is 4.43. The van der Waals surface area contributed by atoms with E-state index in [2.05, 4.69) is 13.8 Å². The number of anilines is 1. The number of hydrogen-bond acceptors (Lipinski definition) is 3. The van der Waals surface area contributed by atoms with Crippen LogP contribution in [0.2, 0.25) is 0 Å². The summed E-state index contributed by atoms with van der Waals surface area (Å²) in [6, 6.07) is 15.7. The quantitative estimate of drug-likeness (QED) is 0.672. The van der Waals surface area contributed by atoms with Crippen LogP contribution in [0.5, 0.6) is 5.75 Å². The lowest BCUT2D eigenvalue weighted by atomic mass is 9.69. The van der Waals surface area contributed by atoms with E-state index in [4.69, 9.17) is 4.74 Å². The van der Waals surface area contributed by atoms with Crippen molar-refractivity contribution in [3.8, 4) is 5.75 Å². The number of ether oxygens (including phenoxy) is 1. The molecule has 30 heavy (non-hydrogen) atoms. The van der Waals surface area contributed by atoms with Gasteiger partial charge in [0.15, 0.2) is 5.78 Å². The van der Waals surface area contributed by atoms with Crippen molar-refractivity contribution >= 4 is 17.4 Å². The van der Waals surface area contributed by atoms with Crippen molar-refractivity contribution in [1.82, 2.24) is 0 Å². The largest absolute Gasteiger partial charge is 0.494 e. The minimum absolute atomic E-state index is 0.0486. The smallest absolute Gasteiger partial charge is 0.232 e. The predicted octanol–water partition coefficient (Wildman–Crippen LogP) is 5.56. The third kappa shape index (κ3) is 3.67. The van der Waals surface area contributed by atoms with E-state index in [0.717, 1.165) is 33.8 Å². The summed E-state index contributed by atoms with van der Waals surface area (Å²) in [4.78, 5) is 28.6. The van der Waals surface area contributed by atoms with E-state index in [0.29, 0.717) is 25.9 Å². The number of Topliss-reactive ketones (excluding diaryl/α,β-unsaturated/α-hetero) is 1. The Morgan fingerprint density at radius 1 is 1.03 bits per heavy atom. The molecule has 1 unspecified atom stereocenters. The van der Waals surface area contributed by atoms with Crippen molar-refractivity contribution in [2.24, 2.45) is 5.41 Å². The van der Waals surface area contributed by atoms with Gasteiger partial charge in [-0.05, 0) is 55.0 Å². The van der Waals surface area contributed by atoms with Crippen molar-refractivity contribution in [2.45, 2.75) is 52.9 Å². The van der Waals surface area contributed by atoms with E-state index >= 15 is 0 Å². The van der Waals surface area contributed by atoms with Gasteiger partial charge < -0.3 is 4.74 Å². The Morgan fingerprint density at radius 2 is 1.73 bits per heavy atom. The monoisotopic (exact) mass is 403 g/mol.